The summed E-state index contributed by atoms with van der Waals surface area (Å²) >= 11 is 7.14. The minimum Gasteiger partial charge on any atom is -0.325 e. The molecule has 3 aromatic rings. The first-order valence-corrected chi connectivity index (χ1v) is 8.79. The molecule has 0 saturated carbocycles. The number of nitrogens with zero attached hydrogens (tertiary/aromatic N) is 1. The number of H-pyrrole nitrogens is 1. The van der Waals surface area contributed by atoms with Gasteiger partial charge in [-0.3, -0.25) is 9.32 Å². The van der Waals surface area contributed by atoms with Gasteiger partial charge in [-0.1, -0.05) is 35.9 Å². The molecule has 8 heteroatoms. The van der Waals surface area contributed by atoms with Crippen molar-refractivity contribution in [2.24, 2.45) is 0 Å². The fraction of sp³-hybridized carbons (Fsp3) is 0.118. The molecule has 2 aromatic carbocycles. The lowest BCUT2D eigenvalue weighted by Gasteiger charge is -2.08. The number of rotatable bonds is 5. The largest absolute Gasteiger partial charge is 0.442 e. The molecule has 0 atom stereocenters. The van der Waals surface area contributed by atoms with Gasteiger partial charge in [0.05, 0.1) is 5.75 Å². The zero-order valence-corrected chi connectivity index (χ0v) is 14.9. The molecule has 25 heavy (non-hydrogen) atoms. The van der Waals surface area contributed by atoms with Crippen LogP contribution in [-0.4, -0.2) is 16.9 Å². The van der Waals surface area contributed by atoms with E-state index in [2.05, 4.69) is 10.6 Å². The number of nitrogens with one attached hydrogen (secondary N) is 2. The second-order valence-electron chi connectivity index (χ2n) is 5.21. The molecule has 0 radical (unpaired) electrons. The lowest BCUT2D eigenvalue weighted by Crippen LogP contribution is -2.36. The smallest absolute Gasteiger partial charge is 0.325 e. The standard InChI is InChI=1S/C17H14ClN3O3S/c1-11-13(18)8-5-9-14(11)19-15(22)10-25-16-17(23)24-20-21(16)12-6-3-2-4-7-12/h2-9H,10H2,1H3,(H-,19,20,22,23)/p+1. The summed E-state index contributed by atoms with van der Waals surface area (Å²) in [6, 6.07) is 14.5. The first kappa shape index (κ1) is 17.3. The van der Waals surface area contributed by atoms with E-state index in [1.54, 1.807) is 18.2 Å². The number of anilines is 1. The van der Waals surface area contributed by atoms with E-state index in [4.69, 9.17) is 16.1 Å². The summed E-state index contributed by atoms with van der Waals surface area (Å²) in [5.74, 6) is -0.183. The van der Waals surface area contributed by atoms with E-state index in [1.807, 2.05) is 37.3 Å². The van der Waals surface area contributed by atoms with Gasteiger partial charge in [0, 0.05) is 22.8 Å². The van der Waals surface area contributed by atoms with Crippen molar-refractivity contribution in [2.75, 3.05) is 11.1 Å². The van der Waals surface area contributed by atoms with Crippen molar-refractivity contribution < 1.29 is 14.0 Å². The summed E-state index contributed by atoms with van der Waals surface area (Å²) in [6.07, 6.45) is 0. The molecule has 0 aliphatic carbocycles. The Kier molecular flexibility index (Phi) is 5.25. The van der Waals surface area contributed by atoms with Crippen LogP contribution in [-0.2, 0) is 4.79 Å². The van der Waals surface area contributed by atoms with Gasteiger partial charge in [-0.15, -0.1) is 0 Å². The van der Waals surface area contributed by atoms with Gasteiger partial charge in [0.15, 0.2) is 0 Å². The Balaban J connectivity index is 1.72. The summed E-state index contributed by atoms with van der Waals surface area (Å²) in [5, 5.41) is 6.21. The fourth-order valence-corrected chi connectivity index (χ4v) is 3.14. The molecule has 128 valence electrons. The van der Waals surface area contributed by atoms with E-state index in [9.17, 15) is 9.59 Å². The number of hydrogen-bond acceptors (Lipinski definition) is 4. The van der Waals surface area contributed by atoms with Crippen LogP contribution in [0, 0.1) is 6.92 Å². The highest BCUT2D eigenvalue weighted by Crippen LogP contribution is 2.23. The molecular formula is C17H15ClN3O3S+. The topological polar surface area (TPSA) is 79.0 Å². The minimum atomic E-state index is -0.527. The zero-order chi connectivity index (χ0) is 17.8. The Morgan fingerprint density at radius 1 is 1.24 bits per heavy atom. The van der Waals surface area contributed by atoms with E-state index < -0.39 is 5.63 Å². The molecule has 6 nitrogen and oxygen atoms in total. The molecular weight excluding hydrogens is 362 g/mol. The van der Waals surface area contributed by atoms with Crippen molar-refractivity contribution in [1.82, 2.24) is 5.27 Å². The molecule has 0 spiro atoms. The number of para-hydroxylation sites is 1. The normalized spacial score (nSPS) is 10.6. The maximum absolute atomic E-state index is 12.2. The average molecular weight is 377 g/mol. The average Bonchev–Trinajstić information content (AvgIpc) is 2.98. The van der Waals surface area contributed by atoms with Crippen LogP contribution >= 0.6 is 23.4 Å². The summed E-state index contributed by atoms with van der Waals surface area (Å²) in [5.41, 5.74) is 1.65. The molecule has 1 heterocycles. The Morgan fingerprint density at radius 2 is 2.00 bits per heavy atom. The van der Waals surface area contributed by atoms with Crippen LogP contribution in [0.5, 0.6) is 0 Å². The predicted octanol–water partition coefficient (Wildman–Crippen LogP) is 2.94. The maximum Gasteiger partial charge on any atom is 0.442 e. The van der Waals surface area contributed by atoms with Gasteiger partial charge in [-0.2, -0.15) is 0 Å². The Morgan fingerprint density at radius 3 is 2.76 bits per heavy atom. The van der Waals surface area contributed by atoms with E-state index >= 15 is 0 Å². The number of carbonyl (C=O) groups is 1. The Labute approximate surface area is 152 Å². The van der Waals surface area contributed by atoms with Crippen LogP contribution in [0.2, 0.25) is 5.02 Å². The molecule has 0 bridgehead atoms. The van der Waals surface area contributed by atoms with Gasteiger partial charge in [-0.05, 0) is 46.3 Å². The van der Waals surface area contributed by atoms with Crippen LogP contribution in [0.1, 0.15) is 5.56 Å². The van der Waals surface area contributed by atoms with Crippen molar-refractivity contribution in [1.29, 1.82) is 0 Å². The lowest BCUT2D eigenvalue weighted by molar-refractivity contribution is -0.704. The van der Waals surface area contributed by atoms with Crippen LogP contribution in [0.15, 0.2) is 62.9 Å². The molecule has 1 aromatic heterocycles. The number of aromatic nitrogens is 2. The number of aromatic amines is 1. The van der Waals surface area contributed by atoms with Crippen molar-refractivity contribution in [2.45, 2.75) is 11.9 Å². The van der Waals surface area contributed by atoms with Crippen molar-refractivity contribution >= 4 is 35.0 Å². The second kappa shape index (κ2) is 7.58. The van der Waals surface area contributed by atoms with Crippen molar-refractivity contribution in [3.05, 3.63) is 69.5 Å². The van der Waals surface area contributed by atoms with Crippen molar-refractivity contribution in [3.8, 4) is 5.69 Å². The fourth-order valence-electron chi connectivity index (χ4n) is 2.20. The summed E-state index contributed by atoms with van der Waals surface area (Å²) in [4.78, 5) is 24.1. The quantitative estimate of drug-likeness (QED) is 0.530. The number of carbonyl (C=O) groups excluding carboxylic acids is 1. The van der Waals surface area contributed by atoms with Crippen molar-refractivity contribution in [3.63, 3.8) is 0 Å². The minimum absolute atomic E-state index is 0.0569. The SMILES string of the molecule is Cc1c(Cl)cccc1NC(=O)CSc1c(=O)o[nH][n+]1-c1ccccc1. The second-order valence-corrected chi connectivity index (χ2v) is 6.58. The monoisotopic (exact) mass is 376 g/mol. The number of halogens is 1. The molecule has 0 saturated heterocycles. The summed E-state index contributed by atoms with van der Waals surface area (Å²) in [6.45, 7) is 1.83. The third kappa shape index (κ3) is 3.94. The van der Waals surface area contributed by atoms with Gasteiger partial charge >= 0.3 is 10.7 Å². The van der Waals surface area contributed by atoms with Gasteiger partial charge in [0.1, 0.15) is 0 Å². The van der Waals surface area contributed by atoms with Gasteiger partial charge in [-0.25, -0.2) is 4.79 Å². The van der Waals surface area contributed by atoms with Crippen LogP contribution in [0.3, 0.4) is 0 Å². The van der Waals surface area contributed by atoms with Gasteiger partial charge < -0.3 is 5.32 Å². The lowest BCUT2D eigenvalue weighted by atomic mass is 10.2. The number of thioether (sulfide) groups is 1. The van der Waals surface area contributed by atoms with Crippen LogP contribution < -0.4 is 15.6 Å². The number of hydrogen-bond donors (Lipinski definition) is 2. The first-order chi connectivity index (χ1) is 12.1. The highest BCUT2D eigenvalue weighted by atomic mass is 35.5. The third-order valence-electron chi connectivity index (χ3n) is 3.50. The Hall–Kier alpha value is -2.51. The molecule has 0 fully saturated rings. The molecule has 0 aliphatic rings. The summed E-state index contributed by atoms with van der Waals surface area (Å²) in [7, 11) is 0. The highest BCUT2D eigenvalue weighted by Gasteiger charge is 2.24. The molecule has 0 aliphatic heterocycles. The van der Waals surface area contributed by atoms with Gasteiger partial charge in [0.2, 0.25) is 11.6 Å². The van der Waals surface area contributed by atoms with Crippen LogP contribution in [0.4, 0.5) is 5.69 Å². The summed E-state index contributed by atoms with van der Waals surface area (Å²) < 4.78 is 6.35. The van der Waals surface area contributed by atoms with E-state index in [0.29, 0.717) is 15.7 Å². The number of benzene rings is 2. The van der Waals surface area contributed by atoms with E-state index in [0.717, 1.165) is 23.0 Å². The van der Waals surface area contributed by atoms with Crippen LogP contribution in [0.25, 0.3) is 5.69 Å². The van der Waals surface area contributed by atoms with E-state index in [-0.39, 0.29) is 11.7 Å². The Bertz CT molecular complexity index is 953. The predicted molar refractivity (Wildman–Crippen MR) is 96.4 cm³/mol. The van der Waals surface area contributed by atoms with E-state index in [1.165, 1.54) is 4.68 Å². The van der Waals surface area contributed by atoms with Gasteiger partial charge in [0.25, 0.3) is 0 Å². The zero-order valence-electron chi connectivity index (χ0n) is 13.3. The molecule has 1 amide bonds. The molecule has 3 rings (SSSR count). The number of amides is 1. The molecule has 0 unspecified atom stereocenters. The highest BCUT2D eigenvalue weighted by molar-refractivity contribution is 7.99. The first-order valence-electron chi connectivity index (χ1n) is 7.43. The third-order valence-corrected chi connectivity index (χ3v) is 4.94. The molecule has 2 N–H and O–H groups in total. The maximum atomic E-state index is 12.2.